The fraction of sp³-hybridized carbons (Fsp3) is 0.885. The summed E-state index contributed by atoms with van der Waals surface area (Å²) in [4.78, 5) is 24.1. The number of aromatic nitrogens is 2. The molecule has 2 amide bonds. The minimum absolute atomic E-state index is 0. The molecule has 2 saturated heterocycles. The summed E-state index contributed by atoms with van der Waals surface area (Å²) in [6, 6.07) is -1.40. The number of carbonyl (C=O) groups excluding carboxylic acids is 1. The molecule has 8 nitrogen and oxygen atoms in total. The van der Waals surface area contributed by atoms with Crippen LogP contribution in [-0.4, -0.2) is 99.5 Å². The average Bonchev–Trinajstić information content (AvgIpc) is 3.53. The van der Waals surface area contributed by atoms with E-state index in [1.165, 1.54) is 11.5 Å². The van der Waals surface area contributed by atoms with E-state index in [4.69, 9.17) is 4.74 Å². The summed E-state index contributed by atoms with van der Waals surface area (Å²) < 4.78 is 40.6. The molecule has 4 fully saturated rings. The molecule has 1 aromatic heterocycles. The molecule has 2 aliphatic carbocycles. The Morgan fingerprint density at radius 2 is 1.76 bits per heavy atom. The second-order valence-corrected chi connectivity index (χ2v) is 12.3. The quantitative estimate of drug-likeness (QED) is 0.576. The molecular weight excluding hydrogens is 498 g/mol. The van der Waals surface area contributed by atoms with Crippen molar-refractivity contribution in [2.45, 2.75) is 109 Å². The summed E-state index contributed by atoms with van der Waals surface area (Å²) in [5.74, 6) is -2.14. The maximum Gasteiger partial charge on any atom is 0.317 e. The van der Waals surface area contributed by atoms with Crippen molar-refractivity contribution >= 4 is 17.6 Å². The van der Waals surface area contributed by atoms with Crippen LogP contribution in [-0.2, 0) is 5.41 Å². The predicted octanol–water partition coefficient (Wildman–Crippen LogP) is 4.36. The van der Waals surface area contributed by atoms with Crippen LogP contribution in [0.5, 0.6) is 5.19 Å². The van der Waals surface area contributed by atoms with Gasteiger partial charge in [0, 0.05) is 74.7 Å². The first-order valence-electron chi connectivity index (χ1n) is 13.6. The molecule has 2 aliphatic heterocycles. The zero-order valence-corrected chi connectivity index (χ0v) is 22.5. The topological polar surface area (TPSA) is 73.8 Å². The molecule has 11 heteroatoms. The van der Waals surface area contributed by atoms with Crippen LogP contribution in [0.2, 0.25) is 0 Å². The fourth-order valence-corrected chi connectivity index (χ4v) is 6.55. The largest absolute Gasteiger partial charge is 0.466 e. The summed E-state index contributed by atoms with van der Waals surface area (Å²) >= 11 is 1.29. The number of nitrogens with zero attached hydrogens (tertiary/aromatic N) is 5. The Bertz CT molecular complexity index is 911. The number of rotatable bonds is 6. The van der Waals surface area contributed by atoms with Gasteiger partial charge in [0.2, 0.25) is 0 Å². The van der Waals surface area contributed by atoms with Crippen LogP contribution in [0.15, 0.2) is 0 Å². The van der Waals surface area contributed by atoms with E-state index in [1.807, 2.05) is 0 Å². The number of ether oxygens (including phenoxy) is 1. The molecule has 5 rings (SSSR count). The highest BCUT2D eigenvalue weighted by atomic mass is 32.1. The molecule has 0 spiro atoms. The van der Waals surface area contributed by atoms with Gasteiger partial charge in [0.25, 0.3) is 11.1 Å². The fourth-order valence-electron chi connectivity index (χ4n) is 5.81. The number of halogens is 2. The number of alkyl halides is 2. The highest BCUT2D eigenvalue weighted by Crippen LogP contribution is 2.38. The SMILES string of the molecule is C.CC(C)N1CCN([C@H]2CCCC(F)(F)[C@@H]2NC(=O)N2CCC(C)(c3nsc(OC4CC4)n3)CC2)CC1. The molecule has 0 unspecified atom stereocenters. The van der Waals surface area contributed by atoms with Crippen LogP contribution in [0.25, 0.3) is 0 Å². The van der Waals surface area contributed by atoms with Gasteiger partial charge in [-0.15, -0.1) is 0 Å². The van der Waals surface area contributed by atoms with Gasteiger partial charge in [-0.05, 0) is 52.4 Å². The number of piperidine rings is 1. The van der Waals surface area contributed by atoms with E-state index in [2.05, 4.69) is 45.2 Å². The van der Waals surface area contributed by atoms with Crippen LogP contribution < -0.4 is 10.1 Å². The van der Waals surface area contributed by atoms with Gasteiger partial charge in [-0.2, -0.15) is 9.36 Å². The van der Waals surface area contributed by atoms with Crippen LogP contribution in [0.3, 0.4) is 0 Å². The highest BCUT2D eigenvalue weighted by molar-refractivity contribution is 7.07. The Kier molecular flexibility index (Phi) is 8.65. The Labute approximate surface area is 224 Å². The van der Waals surface area contributed by atoms with Crippen molar-refractivity contribution in [2.24, 2.45) is 0 Å². The summed E-state index contributed by atoms with van der Waals surface area (Å²) in [5.41, 5.74) is -0.244. The van der Waals surface area contributed by atoms with Gasteiger partial charge in [0.1, 0.15) is 12.1 Å². The van der Waals surface area contributed by atoms with Crippen molar-refractivity contribution in [1.82, 2.24) is 29.4 Å². The third-order valence-electron chi connectivity index (χ3n) is 8.57. The van der Waals surface area contributed by atoms with Crippen LogP contribution in [0, 0.1) is 0 Å². The number of hydrogen-bond acceptors (Lipinski definition) is 7. The van der Waals surface area contributed by atoms with Gasteiger partial charge in [-0.3, -0.25) is 9.80 Å². The van der Waals surface area contributed by atoms with E-state index in [1.54, 1.807) is 4.90 Å². The lowest BCUT2D eigenvalue weighted by Gasteiger charge is -2.48. The summed E-state index contributed by atoms with van der Waals surface area (Å²) in [7, 11) is 0. The van der Waals surface area contributed by atoms with Crippen molar-refractivity contribution in [3.05, 3.63) is 5.82 Å². The van der Waals surface area contributed by atoms with E-state index in [-0.39, 0.29) is 37.4 Å². The van der Waals surface area contributed by atoms with E-state index in [0.717, 1.165) is 44.8 Å². The average molecular weight is 543 g/mol. The van der Waals surface area contributed by atoms with Crippen molar-refractivity contribution < 1.29 is 18.3 Å². The number of amides is 2. The zero-order valence-electron chi connectivity index (χ0n) is 21.7. The lowest BCUT2D eigenvalue weighted by atomic mass is 9.79. The molecule has 0 radical (unpaired) electrons. The van der Waals surface area contributed by atoms with Crippen LogP contribution >= 0.6 is 11.5 Å². The Morgan fingerprint density at radius 1 is 1.08 bits per heavy atom. The smallest absolute Gasteiger partial charge is 0.317 e. The Balaban J connectivity index is 0.00000320. The molecule has 210 valence electrons. The molecule has 0 aromatic carbocycles. The van der Waals surface area contributed by atoms with E-state index < -0.39 is 12.0 Å². The molecule has 1 aromatic rings. The normalized spacial score (nSPS) is 28.5. The second-order valence-electron chi connectivity index (χ2n) is 11.6. The van der Waals surface area contributed by atoms with Crippen LogP contribution in [0.1, 0.15) is 79.0 Å². The maximum atomic E-state index is 15.2. The summed E-state index contributed by atoms with van der Waals surface area (Å²) in [6.07, 6.45) is 4.84. The molecule has 37 heavy (non-hydrogen) atoms. The van der Waals surface area contributed by atoms with Gasteiger partial charge >= 0.3 is 6.03 Å². The lowest BCUT2D eigenvalue weighted by Crippen LogP contribution is -2.66. The number of urea groups is 1. The second kappa shape index (κ2) is 11.3. The number of piperazine rings is 1. The summed E-state index contributed by atoms with van der Waals surface area (Å²) in [5, 5.41) is 3.41. The van der Waals surface area contributed by atoms with E-state index >= 15 is 8.78 Å². The van der Waals surface area contributed by atoms with Gasteiger partial charge in [-0.1, -0.05) is 14.4 Å². The number of carbonyl (C=O) groups is 1. The minimum Gasteiger partial charge on any atom is -0.466 e. The molecular formula is C26H44F2N6O2S. The Hall–Kier alpha value is -1.59. The third kappa shape index (κ3) is 6.36. The lowest BCUT2D eigenvalue weighted by molar-refractivity contribution is -0.0973. The molecule has 4 aliphatic rings. The first-order chi connectivity index (χ1) is 17.1. The first kappa shape index (κ1) is 28.4. The molecule has 2 atom stereocenters. The maximum absolute atomic E-state index is 15.2. The van der Waals surface area contributed by atoms with Gasteiger partial charge in [-0.25, -0.2) is 13.6 Å². The summed E-state index contributed by atoms with van der Waals surface area (Å²) in [6.45, 7) is 10.7. The Morgan fingerprint density at radius 3 is 2.38 bits per heavy atom. The third-order valence-corrected chi connectivity index (χ3v) is 9.18. The minimum atomic E-state index is -2.90. The van der Waals surface area contributed by atoms with E-state index in [0.29, 0.717) is 50.0 Å². The van der Waals surface area contributed by atoms with Gasteiger partial charge < -0.3 is 15.0 Å². The number of nitrogens with one attached hydrogen (secondary N) is 1. The molecule has 2 saturated carbocycles. The predicted molar refractivity (Wildman–Crippen MR) is 142 cm³/mol. The van der Waals surface area contributed by atoms with Gasteiger partial charge in [0.05, 0.1) is 0 Å². The van der Waals surface area contributed by atoms with Gasteiger partial charge in [0.15, 0.2) is 5.82 Å². The van der Waals surface area contributed by atoms with E-state index in [9.17, 15) is 4.79 Å². The monoisotopic (exact) mass is 542 g/mol. The molecule has 1 N–H and O–H groups in total. The van der Waals surface area contributed by atoms with Crippen LogP contribution in [0.4, 0.5) is 13.6 Å². The van der Waals surface area contributed by atoms with Crippen molar-refractivity contribution in [1.29, 1.82) is 0 Å². The molecule has 3 heterocycles. The number of likely N-dealkylation sites (tertiary alicyclic amines) is 1. The highest BCUT2D eigenvalue weighted by Gasteiger charge is 2.50. The van der Waals surface area contributed by atoms with Crippen molar-refractivity contribution in [2.75, 3.05) is 39.3 Å². The standard InChI is InChI=1S/C25H40F2N6O2S.CH4/c1-17(2)31-13-15-32(16-14-31)19-5-4-8-25(26,27)20(19)28-22(34)33-11-9-24(3,10-12-33)21-29-23(36-30-21)35-18-6-7-18;/h17-20H,4-16H2,1-3H3,(H,28,34);1H4/t19-,20+;/m0./s1. The number of hydrogen-bond donors (Lipinski definition) is 1. The van der Waals surface area contributed by atoms with Crippen molar-refractivity contribution in [3.63, 3.8) is 0 Å². The molecule has 0 bridgehead atoms. The first-order valence-corrected chi connectivity index (χ1v) is 14.3. The van der Waals surface area contributed by atoms with Crippen molar-refractivity contribution in [3.8, 4) is 5.19 Å². The zero-order chi connectivity index (χ0) is 25.5.